The monoisotopic (exact) mass is 326 g/mol. The van der Waals surface area contributed by atoms with Crippen LogP contribution in [0.3, 0.4) is 0 Å². The lowest BCUT2D eigenvalue weighted by Gasteiger charge is -2.15. The molecule has 0 aliphatic heterocycles. The number of ether oxygens (including phenoxy) is 2. The van der Waals surface area contributed by atoms with E-state index in [2.05, 4.69) is 10.6 Å². The van der Waals surface area contributed by atoms with Gasteiger partial charge in [0.25, 0.3) is 0 Å². The Hall–Kier alpha value is -1.79. The minimum absolute atomic E-state index is 0.262. The summed E-state index contributed by atoms with van der Waals surface area (Å²) in [4.78, 5) is 24.5. The van der Waals surface area contributed by atoms with Gasteiger partial charge in [0.05, 0.1) is 18.7 Å². The fourth-order valence-corrected chi connectivity index (χ4v) is 2.37. The van der Waals surface area contributed by atoms with E-state index < -0.39 is 5.41 Å². The highest BCUT2D eigenvalue weighted by Crippen LogP contribution is 2.47. The van der Waals surface area contributed by atoms with Crippen LogP contribution in [0.2, 0.25) is 5.02 Å². The summed E-state index contributed by atoms with van der Waals surface area (Å²) < 4.78 is 9.93. The maximum atomic E-state index is 12.4. The summed E-state index contributed by atoms with van der Waals surface area (Å²) in [5, 5.41) is 5.85. The lowest BCUT2D eigenvalue weighted by molar-refractivity contribution is -0.134. The maximum absolute atomic E-state index is 12.4. The third-order valence-corrected chi connectivity index (χ3v) is 3.92. The third kappa shape index (κ3) is 3.51. The van der Waals surface area contributed by atoms with Crippen LogP contribution in [0.4, 0.5) is 5.69 Å². The van der Waals surface area contributed by atoms with Gasteiger partial charge >= 0.3 is 0 Å². The first-order valence-electron chi connectivity index (χ1n) is 6.96. The number of hydrogen-bond acceptors (Lipinski definition) is 4. The number of benzene rings is 1. The average molecular weight is 327 g/mol. The molecule has 7 heteroatoms. The summed E-state index contributed by atoms with van der Waals surface area (Å²) in [6.07, 6.45) is 1.09. The Kier molecular flexibility index (Phi) is 5.26. The highest BCUT2D eigenvalue weighted by molar-refractivity contribution is 6.32. The second-order valence-electron chi connectivity index (χ2n) is 5.13. The Morgan fingerprint density at radius 2 is 2.00 bits per heavy atom. The molecule has 1 aromatic rings. The highest BCUT2D eigenvalue weighted by atomic mass is 35.5. The zero-order valence-electron chi connectivity index (χ0n) is 12.6. The quantitative estimate of drug-likeness (QED) is 0.592. The number of carbonyl (C=O) groups is 2. The van der Waals surface area contributed by atoms with Crippen molar-refractivity contribution in [3.63, 3.8) is 0 Å². The molecule has 0 atom stereocenters. The Labute approximate surface area is 134 Å². The summed E-state index contributed by atoms with van der Waals surface area (Å²) in [6, 6.07) is 4.94. The molecule has 0 bridgehead atoms. The molecule has 2 N–H and O–H groups in total. The molecule has 1 aromatic carbocycles. The molecule has 2 amide bonds. The first-order valence-corrected chi connectivity index (χ1v) is 7.33. The first kappa shape index (κ1) is 16.6. The lowest BCUT2D eigenvalue weighted by atomic mass is 10.1. The van der Waals surface area contributed by atoms with Crippen molar-refractivity contribution in [1.82, 2.24) is 5.32 Å². The summed E-state index contributed by atoms with van der Waals surface area (Å²) in [5.41, 5.74) is -0.438. The number of rotatable bonds is 7. The van der Waals surface area contributed by atoms with Crippen molar-refractivity contribution in [2.45, 2.75) is 12.8 Å². The van der Waals surface area contributed by atoms with Crippen LogP contribution in [-0.2, 0) is 14.3 Å². The molecule has 1 aliphatic rings. The van der Waals surface area contributed by atoms with Crippen LogP contribution in [0.1, 0.15) is 12.8 Å². The van der Waals surface area contributed by atoms with Crippen LogP contribution >= 0.6 is 11.6 Å². The minimum Gasteiger partial charge on any atom is -0.495 e. The van der Waals surface area contributed by atoms with Gasteiger partial charge in [-0.3, -0.25) is 9.59 Å². The SMILES string of the molecule is COCCNC(=O)C1(C(=O)Nc2ccc(OC)c(Cl)c2)CC1. The largest absolute Gasteiger partial charge is 0.495 e. The molecule has 0 saturated heterocycles. The normalized spacial score (nSPS) is 15.0. The van der Waals surface area contributed by atoms with E-state index in [1.54, 1.807) is 25.3 Å². The van der Waals surface area contributed by atoms with Gasteiger partial charge in [-0.1, -0.05) is 11.6 Å². The molecule has 0 aromatic heterocycles. The van der Waals surface area contributed by atoms with Gasteiger partial charge in [-0.15, -0.1) is 0 Å². The summed E-state index contributed by atoms with van der Waals surface area (Å²) in [6.45, 7) is 0.802. The first-order chi connectivity index (χ1) is 10.5. The van der Waals surface area contributed by atoms with Gasteiger partial charge in [0.2, 0.25) is 11.8 Å². The molecule has 1 aliphatic carbocycles. The van der Waals surface area contributed by atoms with E-state index in [0.29, 0.717) is 42.5 Å². The second-order valence-corrected chi connectivity index (χ2v) is 5.54. The zero-order chi connectivity index (χ0) is 16.2. The predicted molar refractivity (Wildman–Crippen MR) is 83.2 cm³/mol. The number of carbonyl (C=O) groups excluding carboxylic acids is 2. The summed E-state index contributed by atoms with van der Waals surface area (Å²) in [7, 11) is 3.07. The number of nitrogens with one attached hydrogen (secondary N) is 2. The van der Waals surface area contributed by atoms with Crippen molar-refractivity contribution >= 4 is 29.1 Å². The number of halogens is 1. The van der Waals surface area contributed by atoms with Gasteiger partial charge in [0, 0.05) is 19.3 Å². The smallest absolute Gasteiger partial charge is 0.240 e. The van der Waals surface area contributed by atoms with Crippen molar-refractivity contribution < 1.29 is 19.1 Å². The van der Waals surface area contributed by atoms with Gasteiger partial charge in [-0.05, 0) is 31.0 Å². The molecule has 0 radical (unpaired) electrons. The van der Waals surface area contributed by atoms with E-state index in [1.807, 2.05) is 0 Å². The van der Waals surface area contributed by atoms with Crippen LogP contribution in [0.25, 0.3) is 0 Å². The molecule has 1 saturated carbocycles. The molecule has 22 heavy (non-hydrogen) atoms. The van der Waals surface area contributed by atoms with E-state index in [-0.39, 0.29) is 11.8 Å². The number of amides is 2. The molecular formula is C15H19ClN2O4. The summed E-state index contributed by atoms with van der Waals surface area (Å²) >= 11 is 6.02. The Balaban J connectivity index is 1.99. The molecule has 120 valence electrons. The minimum atomic E-state index is -0.972. The number of anilines is 1. The number of hydrogen-bond donors (Lipinski definition) is 2. The Morgan fingerprint density at radius 3 is 2.55 bits per heavy atom. The van der Waals surface area contributed by atoms with Crippen LogP contribution in [0.5, 0.6) is 5.75 Å². The van der Waals surface area contributed by atoms with E-state index in [1.165, 1.54) is 7.11 Å². The fraction of sp³-hybridized carbons (Fsp3) is 0.467. The van der Waals surface area contributed by atoms with Gasteiger partial charge < -0.3 is 20.1 Å². The molecule has 0 unspecified atom stereocenters. The average Bonchev–Trinajstić information content (AvgIpc) is 3.29. The van der Waals surface area contributed by atoms with Crippen molar-refractivity contribution in [1.29, 1.82) is 0 Å². The molecule has 1 fully saturated rings. The van der Waals surface area contributed by atoms with E-state index in [0.717, 1.165) is 0 Å². The standard InChI is InChI=1S/C15H19ClN2O4/c1-21-8-7-17-13(19)15(5-6-15)14(20)18-10-3-4-12(22-2)11(16)9-10/h3-4,9H,5-8H2,1-2H3,(H,17,19)(H,18,20). The fourth-order valence-electron chi connectivity index (χ4n) is 2.11. The van der Waals surface area contributed by atoms with E-state index >= 15 is 0 Å². The van der Waals surface area contributed by atoms with Crippen LogP contribution in [-0.4, -0.2) is 39.2 Å². The summed E-state index contributed by atoms with van der Waals surface area (Å²) in [5.74, 6) is -0.0524. The van der Waals surface area contributed by atoms with Crippen LogP contribution in [0, 0.1) is 5.41 Å². The maximum Gasteiger partial charge on any atom is 0.240 e. The van der Waals surface area contributed by atoms with Gasteiger partial charge in [-0.2, -0.15) is 0 Å². The second kappa shape index (κ2) is 6.98. The topological polar surface area (TPSA) is 76.7 Å². The van der Waals surface area contributed by atoms with Crippen molar-refractivity contribution in [2.75, 3.05) is 32.7 Å². The predicted octanol–water partition coefficient (Wildman–Crippen LogP) is 1.83. The van der Waals surface area contributed by atoms with E-state index in [9.17, 15) is 9.59 Å². The third-order valence-electron chi connectivity index (χ3n) is 3.62. The molecule has 6 nitrogen and oxygen atoms in total. The van der Waals surface area contributed by atoms with Gasteiger partial charge in [0.15, 0.2) is 0 Å². The molecule has 0 heterocycles. The van der Waals surface area contributed by atoms with Crippen molar-refractivity contribution in [3.8, 4) is 5.75 Å². The molecule has 0 spiro atoms. The number of methoxy groups -OCH3 is 2. The molecular weight excluding hydrogens is 308 g/mol. The van der Waals surface area contributed by atoms with Crippen LogP contribution in [0.15, 0.2) is 18.2 Å². The molecule has 2 rings (SSSR count). The van der Waals surface area contributed by atoms with Crippen LogP contribution < -0.4 is 15.4 Å². The van der Waals surface area contributed by atoms with Gasteiger partial charge in [0.1, 0.15) is 11.2 Å². The highest BCUT2D eigenvalue weighted by Gasteiger charge is 2.56. The Morgan fingerprint density at radius 1 is 1.27 bits per heavy atom. The van der Waals surface area contributed by atoms with E-state index in [4.69, 9.17) is 21.1 Å². The van der Waals surface area contributed by atoms with Crippen molar-refractivity contribution in [3.05, 3.63) is 23.2 Å². The Bertz CT molecular complexity index is 573. The van der Waals surface area contributed by atoms with Gasteiger partial charge in [-0.25, -0.2) is 0 Å². The zero-order valence-corrected chi connectivity index (χ0v) is 13.3. The van der Waals surface area contributed by atoms with Crippen molar-refractivity contribution in [2.24, 2.45) is 5.41 Å². The lowest BCUT2D eigenvalue weighted by Crippen LogP contribution is -2.41.